The van der Waals surface area contributed by atoms with Crippen molar-refractivity contribution in [2.75, 3.05) is 46.6 Å². The molecule has 0 bridgehead atoms. The first kappa shape index (κ1) is 20.6. The van der Waals surface area contributed by atoms with E-state index in [0.29, 0.717) is 25.7 Å². The zero-order valence-corrected chi connectivity index (χ0v) is 14.4. The van der Waals surface area contributed by atoms with Crippen LogP contribution in [-0.4, -0.2) is 52.5 Å². The van der Waals surface area contributed by atoms with E-state index in [9.17, 15) is 4.79 Å². The van der Waals surface area contributed by atoms with Crippen molar-refractivity contribution in [2.45, 2.75) is 33.1 Å². The predicted octanol–water partition coefficient (Wildman–Crippen LogP) is 1.60. The van der Waals surface area contributed by atoms with Crippen molar-refractivity contribution in [1.82, 2.24) is 10.6 Å². The minimum absolute atomic E-state index is 0. The maximum absolute atomic E-state index is 12.4. The van der Waals surface area contributed by atoms with Crippen LogP contribution in [0.15, 0.2) is 0 Å². The quantitative estimate of drug-likeness (QED) is 0.633. The van der Waals surface area contributed by atoms with E-state index < -0.39 is 0 Å². The second kappa shape index (κ2) is 11.2. The van der Waals surface area contributed by atoms with Crippen LogP contribution in [0, 0.1) is 11.3 Å². The van der Waals surface area contributed by atoms with Crippen LogP contribution in [0.25, 0.3) is 0 Å². The number of hydrogen-bond donors (Lipinski definition) is 2. The number of carbonyl (C=O) groups is 1. The van der Waals surface area contributed by atoms with Gasteiger partial charge in [0.15, 0.2) is 0 Å². The summed E-state index contributed by atoms with van der Waals surface area (Å²) >= 11 is 0. The van der Waals surface area contributed by atoms with Gasteiger partial charge in [-0.15, -0.1) is 12.4 Å². The Morgan fingerprint density at radius 3 is 2.52 bits per heavy atom. The molecule has 0 atom stereocenters. The lowest BCUT2D eigenvalue weighted by Gasteiger charge is -2.35. The average Bonchev–Trinajstić information content (AvgIpc) is 2.43. The van der Waals surface area contributed by atoms with Gasteiger partial charge in [-0.1, -0.05) is 13.8 Å². The molecule has 1 amide bonds. The zero-order valence-electron chi connectivity index (χ0n) is 13.6. The van der Waals surface area contributed by atoms with Crippen molar-refractivity contribution in [3.63, 3.8) is 0 Å². The zero-order chi connectivity index (χ0) is 14.8. The molecule has 0 radical (unpaired) electrons. The van der Waals surface area contributed by atoms with Gasteiger partial charge >= 0.3 is 0 Å². The first-order valence-corrected chi connectivity index (χ1v) is 7.66. The number of rotatable bonds is 9. The third-order valence-corrected chi connectivity index (χ3v) is 3.83. The number of halogens is 1. The van der Waals surface area contributed by atoms with Gasteiger partial charge in [0.05, 0.1) is 18.6 Å². The lowest BCUT2D eigenvalue weighted by atomic mass is 9.78. The van der Waals surface area contributed by atoms with Crippen LogP contribution < -0.4 is 10.6 Å². The number of methoxy groups -OCH3 is 1. The van der Waals surface area contributed by atoms with Crippen LogP contribution in [-0.2, 0) is 14.3 Å². The number of nitrogens with one attached hydrogen (secondary N) is 2. The molecule has 0 unspecified atom stereocenters. The van der Waals surface area contributed by atoms with Gasteiger partial charge in [0, 0.05) is 20.3 Å². The van der Waals surface area contributed by atoms with Crippen LogP contribution in [0.1, 0.15) is 33.1 Å². The van der Waals surface area contributed by atoms with Crippen molar-refractivity contribution >= 4 is 18.3 Å². The fraction of sp³-hybridized carbons (Fsp3) is 0.933. The first-order valence-electron chi connectivity index (χ1n) is 7.66. The Morgan fingerprint density at radius 1 is 1.29 bits per heavy atom. The lowest BCUT2D eigenvalue weighted by molar-refractivity contribution is -0.136. The Bertz CT molecular complexity index is 277. The van der Waals surface area contributed by atoms with Crippen LogP contribution in [0.5, 0.6) is 0 Å². The van der Waals surface area contributed by atoms with Gasteiger partial charge in [-0.25, -0.2) is 0 Å². The Labute approximate surface area is 134 Å². The maximum atomic E-state index is 12.4. The van der Waals surface area contributed by atoms with Gasteiger partial charge in [-0.3, -0.25) is 4.79 Å². The van der Waals surface area contributed by atoms with E-state index in [-0.39, 0.29) is 23.7 Å². The number of carbonyl (C=O) groups excluding carboxylic acids is 1. The minimum Gasteiger partial charge on any atom is -0.384 e. The molecular weight excluding hydrogens is 292 g/mol. The van der Waals surface area contributed by atoms with E-state index in [1.54, 1.807) is 7.11 Å². The van der Waals surface area contributed by atoms with Gasteiger partial charge in [0.1, 0.15) is 0 Å². The summed E-state index contributed by atoms with van der Waals surface area (Å²) in [7, 11) is 1.66. The van der Waals surface area contributed by atoms with E-state index in [4.69, 9.17) is 9.47 Å². The molecule has 0 aromatic rings. The summed E-state index contributed by atoms with van der Waals surface area (Å²) in [5.74, 6) is 0.762. The van der Waals surface area contributed by atoms with Gasteiger partial charge in [-0.2, -0.15) is 0 Å². The van der Waals surface area contributed by atoms with Crippen molar-refractivity contribution in [3.05, 3.63) is 0 Å². The second-order valence-electron chi connectivity index (χ2n) is 6.01. The van der Waals surface area contributed by atoms with Crippen LogP contribution >= 0.6 is 12.4 Å². The molecule has 0 spiro atoms. The molecule has 1 aliphatic rings. The lowest BCUT2D eigenvalue weighted by Crippen LogP contribution is -2.50. The highest BCUT2D eigenvalue weighted by Crippen LogP contribution is 2.29. The fourth-order valence-electron chi connectivity index (χ4n) is 2.46. The number of ether oxygens (including phenoxy) is 2. The molecule has 0 aromatic heterocycles. The molecule has 5 nitrogen and oxygen atoms in total. The summed E-state index contributed by atoms with van der Waals surface area (Å²) in [6.07, 6.45) is 2.73. The van der Waals surface area contributed by atoms with Gasteiger partial charge in [-0.05, 0) is 38.3 Å². The molecule has 1 rings (SSSR count). The summed E-state index contributed by atoms with van der Waals surface area (Å²) in [5, 5.41) is 6.28. The first-order chi connectivity index (χ1) is 9.60. The molecule has 0 saturated carbocycles. The van der Waals surface area contributed by atoms with E-state index in [0.717, 1.165) is 39.0 Å². The van der Waals surface area contributed by atoms with Gasteiger partial charge in [0.25, 0.3) is 0 Å². The van der Waals surface area contributed by atoms with Crippen LogP contribution in [0.4, 0.5) is 0 Å². The normalized spacial score (nSPS) is 17.3. The Balaban J connectivity index is 0.00000400. The summed E-state index contributed by atoms with van der Waals surface area (Å²) < 4.78 is 10.8. The van der Waals surface area contributed by atoms with E-state index in [1.165, 1.54) is 0 Å². The van der Waals surface area contributed by atoms with Gasteiger partial charge < -0.3 is 20.1 Å². The largest absolute Gasteiger partial charge is 0.384 e. The summed E-state index contributed by atoms with van der Waals surface area (Å²) in [6.45, 7) is 8.53. The van der Waals surface area contributed by atoms with E-state index >= 15 is 0 Å². The molecule has 21 heavy (non-hydrogen) atoms. The smallest absolute Gasteiger partial charge is 0.228 e. The molecule has 0 aromatic carbocycles. The summed E-state index contributed by atoms with van der Waals surface area (Å²) in [5.41, 5.74) is -0.363. The highest BCUT2D eigenvalue weighted by atomic mass is 35.5. The van der Waals surface area contributed by atoms with Crippen molar-refractivity contribution in [2.24, 2.45) is 11.3 Å². The van der Waals surface area contributed by atoms with Crippen molar-refractivity contribution in [1.29, 1.82) is 0 Å². The average molecular weight is 323 g/mol. The molecule has 6 heteroatoms. The second-order valence-corrected chi connectivity index (χ2v) is 6.01. The topological polar surface area (TPSA) is 59.6 Å². The molecule has 0 aliphatic carbocycles. The highest BCUT2D eigenvalue weighted by molar-refractivity contribution is 5.85. The molecular formula is C15H31ClN2O3. The maximum Gasteiger partial charge on any atom is 0.228 e. The third kappa shape index (κ3) is 7.45. The van der Waals surface area contributed by atoms with Crippen molar-refractivity contribution in [3.8, 4) is 0 Å². The Kier molecular flexibility index (Phi) is 11.0. The predicted molar refractivity (Wildman–Crippen MR) is 86.9 cm³/mol. The molecule has 126 valence electrons. The molecule has 2 N–H and O–H groups in total. The Morgan fingerprint density at radius 2 is 1.95 bits per heavy atom. The molecule has 1 aliphatic heterocycles. The number of amides is 1. The van der Waals surface area contributed by atoms with Crippen molar-refractivity contribution < 1.29 is 14.3 Å². The van der Waals surface area contributed by atoms with E-state index in [2.05, 4.69) is 24.5 Å². The fourth-order valence-corrected chi connectivity index (χ4v) is 2.46. The SMILES string of the molecule is COCC1(C(=O)NCCOCCC(C)C)CCNCC1.Cl. The van der Waals surface area contributed by atoms with E-state index in [1.807, 2.05) is 0 Å². The third-order valence-electron chi connectivity index (χ3n) is 3.83. The minimum atomic E-state index is -0.363. The Hall–Kier alpha value is -0.360. The monoisotopic (exact) mass is 322 g/mol. The van der Waals surface area contributed by atoms with Crippen LogP contribution in [0.2, 0.25) is 0 Å². The molecule has 1 fully saturated rings. The number of piperidine rings is 1. The molecule has 1 saturated heterocycles. The number of hydrogen-bond acceptors (Lipinski definition) is 4. The summed E-state index contributed by atoms with van der Waals surface area (Å²) in [6, 6.07) is 0. The standard InChI is InChI=1S/C15H30N2O3.ClH/c1-13(2)4-10-20-11-9-17-14(18)15(12-19-3)5-7-16-8-6-15;/h13,16H,4-12H2,1-3H3,(H,17,18);1H. The van der Waals surface area contributed by atoms with Crippen LogP contribution in [0.3, 0.4) is 0 Å². The summed E-state index contributed by atoms with van der Waals surface area (Å²) in [4.78, 5) is 12.4. The highest BCUT2D eigenvalue weighted by Gasteiger charge is 2.39. The van der Waals surface area contributed by atoms with Gasteiger partial charge in [0.2, 0.25) is 5.91 Å². The molecule has 1 heterocycles.